The lowest BCUT2D eigenvalue weighted by Gasteiger charge is -2.08. The Morgan fingerprint density at radius 1 is 1.13 bits per heavy atom. The molecule has 1 aromatic heterocycles. The van der Waals surface area contributed by atoms with Gasteiger partial charge in [0.05, 0.1) is 5.69 Å². The van der Waals surface area contributed by atoms with Crippen molar-refractivity contribution < 1.29 is 0 Å². The number of nitrogens with zero attached hydrogens (tertiary/aromatic N) is 2. The first-order chi connectivity index (χ1) is 6.97. The maximum Gasteiger partial charge on any atom is 0.0684 e. The molecule has 0 amide bonds. The Kier molecular flexibility index (Phi) is 3.95. The Hall–Kier alpha value is -0.790. The van der Waals surface area contributed by atoms with Gasteiger partial charge in [0.1, 0.15) is 0 Å². The van der Waals surface area contributed by atoms with Crippen molar-refractivity contribution in [3.05, 3.63) is 17.5 Å². The van der Waals surface area contributed by atoms with Crippen molar-refractivity contribution in [2.75, 3.05) is 0 Å². The largest absolute Gasteiger partial charge is 0.269 e. The number of aromatic nitrogens is 2. The topological polar surface area (TPSA) is 17.8 Å². The molecule has 15 heavy (non-hydrogen) atoms. The standard InChI is InChI=1S/C13H24N2/c1-7-11(6)15-8-12(9(2)3)13(14-15)10(4)5/h8-11H,7H2,1-6H3. The highest BCUT2D eigenvalue weighted by Gasteiger charge is 2.16. The van der Waals surface area contributed by atoms with Crippen molar-refractivity contribution in [1.82, 2.24) is 9.78 Å². The van der Waals surface area contributed by atoms with Gasteiger partial charge in [0.25, 0.3) is 0 Å². The molecule has 2 heteroatoms. The van der Waals surface area contributed by atoms with Crippen LogP contribution >= 0.6 is 0 Å². The second-order valence-electron chi connectivity index (χ2n) is 5.02. The third-order valence-electron chi connectivity index (χ3n) is 3.00. The van der Waals surface area contributed by atoms with E-state index in [0.29, 0.717) is 17.9 Å². The van der Waals surface area contributed by atoms with Crippen LogP contribution in [0.25, 0.3) is 0 Å². The Morgan fingerprint density at radius 2 is 1.73 bits per heavy atom. The van der Waals surface area contributed by atoms with Crippen LogP contribution in [0.3, 0.4) is 0 Å². The van der Waals surface area contributed by atoms with Gasteiger partial charge in [0.2, 0.25) is 0 Å². The van der Waals surface area contributed by atoms with E-state index in [0.717, 1.165) is 6.42 Å². The van der Waals surface area contributed by atoms with E-state index >= 15 is 0 Å². The van der Waals surface area contributed by atoms with Crippen LogP contribution in [-0.2, 0) is 0 Å². The molecule has 0 fully saturated rings. The van der Waals surface area contributed by atoms with Gasteiger partial charge < -0.3 is 0 Å². The van der Waals surface area contributed by atoms with Crippen molar-refractivity contribution in [2.24, 2.45) is 0 Å². The molecule has 1 heterocycles. The van der Waals surface area contributed by atoms with Crippen molar-refractivity contribution in [3.8, 4) is 0 Å². The zero-order valence-corrected chi connectivity index (χ0v) is 10.9. The molecule has 0 aromatic carbocycles. The average molecular weight is 208 g/mol. The first kappa shape index (κ1) is 12.3. The second-order valence-corrected chi connectivity index (χ2v) is 5.02. The van der Waals surface area contributed by atoms with E-state index in [1.165, 1.54) is 11.3 Å². The monoisotopic (exact) mass is 208 g/mol. The summed E-state index contributed by atoms with van der Waals surface area (Å²) in [4.78, 5) is 0. The third-order valence-corrected chi connectivity index (χ3v) is 3.00. The van der Waals surface area contributed by atoms with Crippen LogP contribution in [-0.4, -0.2) is 9.78 Å². The van der Waals surface area contributed by atoms with Crippen molar-refractivity contribution in [2.45, 2.75) is 65.8 Å². The Labute approximate surface area is 93.7 Å². The molecule has 0 saturated heterocycles. The molecule has 0 aliphatic carbocycles. The van der Waals surface area contributed by atoms with Crippen LogP contribution in [0, 0.1) is 0 Å². The summed E-state index contributed by atoms with van der Waals surface area (Å²) in [6.45, 7) is 13.3. The smallest absolute Gasteiger partial charge is 0.0684 e. The van der Waals surface area contributed by atoms with E-state index in [2.05, 4.69) is 52.4 Å². The fraction of sp³-hybridized carbons (Fsp3) is 0.769. The number of rotatable bonds is 4. The van der Waals surface area contributed by atoms with Crippen molar-refractivity contribution in [3.63, 3.8) is 0 Å². The normalized spacial score (nSPS) is 13.9. The lowest BCUT2D eigenvalue weighted by Crippen LogP contribution is -2.05. The molecule has 0 aliphatic heterocycles. The van der Waals surface area contributed by atoms with E-state index in [1.807, 2.05) is 0 Å². The average Bonchev–Trinajstić information content (AvgIpc) is 2.61. The van der Waals surface area contributed by atoms with Gasteiger partial charge >= 0.3 is 0 Å². The van der Waals surface area contributed by atoms with Gasteiger partial charge in [-0.2, -0.15) is 5.10 Å². The molecule has 1 unspecified atom stereocenters. The predicted octanol–water partition coefficient (Wildman–Crippen LogP) is 4.10. The summed E-state index contributed by atoms with van der Waals surface area (Å²) in [5.74, 6) is 1.09. The number of hydrogen-bond donors (Lipinski definition) is 0. The summed E-state index contributed by atoms with van der Waals surface area (Å²) < 4.78 is 2.13. The Balaban J connectivity index is 3.09. The third kappa shape index (κ3) is 2.61. The van der Waals surface area contributed by atoms with E-state index in [-0.39, 0.29) is 0 Å². The molecule has 0 bridgehead atoms. The molecule has 0 N–H and O–H groups in total. The molecule has 0 radical (unpaired) electrons. The van der Waals surface area contributed by atoms with E-state index < -0.39 is 0 Å². The minimum Gasteiger partial charge on any atom is -0.269 e. The van der Waals surface area contributed by atoms with Gasteiger partial charge in [-0.05, 0) is 30.7 Å². The fourth-order valence-corrected chi connectivity index (χ4v) is 1.73. The second kappa shape index (κ2) is 4.82. The quantitative estimate of drug-likeness (QED) is 0.728. The lowest BCUT2D eigenvalue weighted by atomic mass is 9.98. The SMILES string of the molecule is CCC(C)n1cc(C(C)C)c(C(C)C)n1. The van der Waals surface area contributed by atoms with Gasteiger partial charge in [0.15, 0.2) is 0 Å². The molecular weight excluding hydrogens is 184 g/mol. The summed E-state index contributed by atoms with van der Waals surface area (Å²) >= 11 is 0. The predicted molar refractivity (Wildman–Crippen MR) is 65.4 cm³/mol. The fourth-order valence-electron chi connectivity index (χ4n) is 1.73. The van der Waals surface area contributed by atoms with Crippen LogP contribution in [0.1, 0.15) is 77.1 Å². The van der Waals surface area contributed by atoms with E-state index in [1.54, 1.807) is 0 Å². The molecule has 1 atom stereocenters. The first-order valence-corrected chi connectivity index (χ1v) is 6.06. The highest BCUT2D eigenvalue weighted by atomic mass is 15.3. The number of hydrogen-bond acceptors (Lipinski definition) is 1. The lowest BCUT2D eigenvalue weighted by molar-refractivity contribution is 0.471. The highest BCUT2D eigenvalue weighted by Crippen LogP contribution is 2.26. The first-order valence-electron chi connectivity index (χ1n) is 6.06. The molecular formula is C13H24N2. The highest BCUT2D eigenvalue weighted by molar-refractivity contribution is 5.23. The summed E-state index contributed by atoms with van der Waals surface area (Å²) in [5.41, 5.74) is 2.68. The van der Waals surface area contributed by atoms with Crippen molar-refractivity contribution in [1.29, 1.82) is 0 Å². The van der Waals surface area contributed by atoms with Crippen LogP contribution in [0.4, 0.5) is 0 Å². The van der Waals surface area contributed by atoms with Crippen molar-refractivity contribution >= 4 is 0 Å². The summed E-state index contributed by atoms with van der Waals surface area (Å²) in [6, 6.07) is 0.509. The summed E-state index contributed by atoms with van der Waals surface area (Å²) in [7, 11) is 0. The maximum atomic E-state index is 4.72. The Bertz CT molecular complexity index is 285. The molecule has 86 valence electrons. The minimum atomic E-state index is 0.509. The van der Waals surface area contributed by atoms with E-state index in [4.69, 9.17) is 5.10 Å². The zero-order valence-electron chi connectivity index (χ0n) is 10.9. The minimum absolute atomic E-state index is 0.509. The van der Waals surface area contributed by atoms with Gasteiger partial charge in [0, 0.05) is 12.2 Å². The zero-order chi connectivity index (χ0) is 11.6. The van der Waals surface area contributed by atoms with Gasteiger partial charge in [-0.3, -0.25) is 4.68 Å². The molecule has 2 nitrogen and oxygen atoms in total. The molecule has 0 aliphatic rings. The van der Waals surface area contributed by atoms with Crippen LogP contribution in [0.5, 0.6) is 0 Å². The van der Waals surface area contributed by atoms with Crippen LogP contribution in [0.15, 0.2) is 6.20 Å². The summed E-state index contributed by atoms with van der Waals surface area (Å²) in [5, 5.41) is 4.72. The van der Waals surface area contributed by atoms with Crippen LogP contribution in [0.2, 0.25) is 0 Å². The van der Waals surface area contributed by atoms with Gasteiger partial charge in [-0.15, -0.1) is 0 Å². The van der Waals surface area contributed by atoms with Gasteiger partial charge in [-0.25, -0.2) is 0 Å². The molecule has 0 saturated carbocycles. The molecule has 0 spiro atoms. The molecule has 1 rings (SSSR count). The Morgan fingerprint density at radius 3 is 2.07 bits per heavy atom. The van der Waals surface area contributed by atoms with Gasteiger partial charge in [-0.1, -0.05) is 34.6 Å². The van der Waals surface area contributed by atoms with E-state index in [9.17, 15) is 0 Å². The summed E-state index contributed by atoms with van der Waals surface area (Å²) in [6.07, 6.45) is 3.37. The maximum absolute atomic E-state index is 4.72. The molecule has 1 aromatic rings. The van der Waals surface area contributed by atoms with Crippen LogP contribution < -0.4 is 0 Å².